The monoisotopic (exact) mass is 507 g/mol. The predicted molar refractivity (Wildman–Crippen MR) is 138 cm³/mol. The summed E-state index contributed by atoms with van der Waals surface area (Å²) in [5.41, 5.74) is -1.17. The molecule has 5 atom stereocenters. The standard InChI is InChI=1S/C29H37N3O5/c1-28-14-10-16-30(2)25(34)22(28)23-26(35)32(18-8-3-4-9-19-33)24-27(36)31(17-11-15-29(23,24)37-28)20-21-12-6-5-7-13-21/h5-7,10-15,22-24,33H,3-4,8-9,16-20H2,1-2H3/t22-,23+,24?,28+,29+/m1/s1. The molecule has 1 aromatic carbocycles. The van der Waals surface area contributed by atoms with Crippen molar-refractivity contribution in [1.82, 2.24) is 14.7 Å². The van der Waals surface area contributed by atoms with Crippen molar-refractivity contribution in [2.75, 3.05) is 33.3 Å². The van der Waals surface area contributed by atoms with Crippen LogP contribution in [0.4, 0.5) is 0 Å². The summed E-state index contributed by atoms with van der Waals surface area (Å²) < 4.78 is 6.80. The van der Waals surface area contributed by atoms with Crippen molar-refractivity contribution in [3.63, 3.8) is 0 Å². The van der Waals surface area contributed by atoms with Crippen LogP contribution in [0, 0.1) is 11.8 Å². The molecule has 1 spiro atoms. The molecule has 8 heteroatoms. The van der Waals surface area contributed by atoms with Crippen molar-refractivity contribution in [2.45, 2.75) is 56.4 Å². The van der Waals surface area contributed by atoms with Crippen LogP contribution in [-0.2, 0) is 25.7 Å². The van der Waals surface area contributed by atoms with Gasteiger partial charge in [-0.15, -0.1) is 0 Å². The maximum atomic E-state index is 14.2. The number of rotatable bonds is 8. The minimum absolute atomic E-state index is 0.127. The molecule has 1 unspecified atom stereocenters. The van der Waals surface area contributed by atoms with Gasteiger partial charge in [0, 0.05) is 39.8 Å². The van der Waals surface area contributed by atoms with Crippen molar-refractivity contribution in [1.29, 1.82) is 0 Å². The van der Waals surface area contributed by atoms with Crippen LogP contribution < -0.4 is 0 Å². The second kappa shape index (κ2) is 10.1. The molecule has 2 saturated heterocycles. The zero-order chi connectivity index (χ0) is 26.2. The Morgan fingerprint density at radius 3 is 2.41 bits per heavy atom. The molecule has 1 aromatic rings. The molecule has 0 radical (unpaired) electrons. The minimum Gasteiger partial charge on any atom is -0.396 e. The molecule has 0 bridgehead atoms. The molecule has 8 nitrogen and oxygen atoms in total. The molecule has 1 N–H and O–H groups in total. The van der Waals surface area contributed by atoms with Crippen LogP contribution in [0.15, 0.2) is 54.6 Å². The van der Waals surface area contributed by atoms with E-state index < -0.39 is 29.1 Å². The Morgan fingerprint density at radius 2 is 1.65 bits per heavy atom. The number of unbranched alkanes of at least 4 members (excludes halogenated alkanes) is 3. The van der Waals surface area contributed by atoms with Gasteiger partial charge in [-0.05, 0) is 25.3 Å². The maximum Gasteiger partial charge on any atom is 0.249 e. The van der Waals surface area contributed by atoms with Gasteiger partial charge in [0.2, 0.25) is 17.7 Å². The van der Waals surface area contributed by atoms with E-state index in [1.165, 1.54) is 0 Å². The molecule has 0 saturated carbocycles. The van der Waals surface area contributed by atoms with E-state index in [1.54, 1.807) is 21.7 Å². The fourth-order valence-electron chi connectivity index (χ4n) is 6.62. The number of aliphatic hydroxyl groups is 1. The Balaban J connectivity index is 1.53. The van der Waals surface area contributed by atoms with Crippen LogP contribution in [-0.4, -0.2) is 88.1 Å². The average Bonchev–Trinajstić information content (AvgIpc) is 3.16. The summed E-state index contributed by atoms with van der Waals surface area (Å²) in [4.78, 5) is 47.1. The van der Waals surface area contributed by atoms with Gasteiger partial charge in [-0.25, -0.2) is 0 Å². The lowest BCUT2D eigenvalue weighted by molar-refractivity contribution is -0.152. The van der Waals surface area contributed by atoms with Crippen LogP contribution in [0.2, 0.25) is 0 Å². The number of benzene rings is 1. The van der Waals surface area contributed by atoms with Crippen LogP contribution in [0.25, 0.3) is 0 Å². The summed E-state index contributed by atoms with van der Waals surface area (Å²) in [7, 11) is 1.74. The van der Waals surface area contributed by atoms with Crippen molar-refractivity contribution in [3.8, 4) is 0 Å². The fourth-order valence-corrected chi connectivity index (χ4v) is 6.62. The number of hydrogen-bond acceptors (Lipinski definition) is 5. The fraction of sp³-hybridized carbons (Fsp3) is 0.552. The largest absolute Gasteiger partial charge is 0.396 e. The van der Waals surface area contributed by atoms with E-state index in [0.717, 1.165) is 24.8 Å². The molecular formula is C29H37N3O5. The van der Waals surface area contributed by atoms with E-state index in [4.69, 9.17) is 9.84 Å². The van der Waals surface area contributed by atoms with Crippen molar-refractivity contribution in [3.05, 3.63) is 60.2 Å². The topological polar surface area (TPSA) is 90.4 Å². The van der Waals surface area contributed by atoms with Gasteiger partial charge in [0.15, 0.2) is 0 Å². The third-order valence-electron chi connectivity index (χ3n) is 8.37. The molecule has 4 aliphatic rings. The maximum absolute atomic E-state index is 14.2. The van der Waals surface area contributed by atoms with E-state index in [1.807, 2.05) is 61.6 Å². The lowest BCUT2D eigenvalue weighted by Gasteiger charge is -2.37. The number of hydrogen-bond donors (Lipinski definition) is 1. The van der Waals surface area contributed by atoms with E-state index >= 15 is 0 Å². The molecule has 4 aliphatic heterocycles. The number of fused-ring (bicyclic) bond motifs is 2. The zero-order valence-corrected chi connectivity index (χ0v) is 21.7. The van der Waals surface area contributed by atoms with Gasteiger partial charge in [0.05, 0.1) is 17.4 Å². The molecule has 0 aliphatic carbocycles. The predicted octanol–water partition coefficient (Wildman–Crippen LogP) is 2.14. The van der Waals surface area contributed by atoms with Crippen LogP contribution >= 0.6 is 0 Å². The first-order valence-corrected chi connectivity index (χ1v) is 13.4. The van der Waals surface area contributed by atoms with Gasteiger partial charge in [-0.1, -0.05) is 67.5 Å². The zero-order valence-electron chi connectivity index (χ0n) is 21.7. The van der Waals surface area contributed by atoms with Gasteiger partial charge >= 0.3 is 0 Å². The van der Waals surface area contributed by atoms with Gasteiger partial charge in [0.1, 0.15) is 11.6 Å². The third-order valence-corrected chi connectivity index (χ3v) is 8.37. The Morgan fingerprint density at radius 1 is 0.919 bits per heavy atom. The normalized spacial score (nSPS) is 32.9. The molecular weight excluding hydrogens is 470 g/mol. The summed E-state index contributed by atoms with van der Waals surface area (Å²) in [6.07, 6.45) is 10.8. The number of likely N-dealkylation sites (N-methyl/N-ethyl adjacent to an activating group) is 1. The second-order valence-electron chi connectivity index (χ2n) is 10.9. The summed E-state index contributed by atoms with van der Waals surface area (Å²) in [5, 5.41) is 9.12. The first kappa shape index (κ1) is 25.7. The lowest BCUT2D eigenvalue weighted by Crippen LogP contribution is -2.55. The van der Waals surface area contributed by atoms with Gasteiger partial charge in [-0.2, -0.15) is 0 Å². The molecule has 37 heavy (non-hydrogen) atoms. The van der Waals surface area contributed by atoms with E-state index in [0.29, 0.717) is 32.6 Å². The summed E-state index contributed by atoms with van der Waals surface area (Å²) >= 11 is 0. The lowest BCUT2D eigenvalue weighted by atomic mass is 9.74. The first-order chi connectivity index (χ1) is 17.8. The first-order valence-electron chi connectivity index (χ1n) is 13.4. The van der Waals surface area contributed by atoms with Crippen molar-refractivity contribution >= 4 is 17.7 Å². The molecule has 0 aromatic heterocycles. The Labute approximate surface area is 218 Å². The van der Waals surface area contributed by atoms with E-state index in [-0.39, 0.29) is 24.3 Å². The Hall–Kier alpha value is -2.97. The molecule has 3 amide bonds. The molecule has 198 valence electrons. The summed E-state index contributed by atoms with van der Waals surface area (Å²) in [5.74, 6) is -1.93. The van der Waals surface area contributed by atoms with E-state index in [2.05, 4.69) is 0 Å². The van der Waals surface area contributed by atoms with Crippen LogP contribution in [0.1, 0.15) is 38.2 Å². The SMILES string of the molecule is CN1CC=C[C@]2(C)O[C@]34C=CCN(Cc5ccccc5)C(=O)C3N(CCCCCCO)C(=O)[C@@H]4[C@@H]2C1=O. The second-order valence-corrected chi connectivity index (χ2v) is 10.9. The summed E-state index contributed by atoms with van der Waals surface area (Å²) in [6, 6.07) is 8.99. The smallest absolute Gasteiger partial charge is 0.249 e. The molecule has 2 fully saturated rings. The van der Waals surface area contributed by atoms with Crippen LogP contribution in [0.3, 0.4) is 0 Å². The number of likely N-dealkylation sites (tertiary alicyclic amines) is 1. The third kappa shape index (κ3) is 4.30. The highest BCUT2D eigenvalue weighted by Gasteiger charge is 2.74. The number of nitrogens with zero attached hydrogens (tertiary/aromatic N) is 3. The highest BCUT2D eigenvalue weighted by molar-refractivity contribution is 6.00. The minimum atomic E-state index is -1.21. The number of ether oxygens (including phenoxy) is 1. The number of carbonyl (C=O) groups is 3. The van der Waals surface area contributed by atoms with Crippen molar-refractivity contribution < 1.29 is 24.2 Å². The Kier molecular flexibility index (Phi) is 6.98. The summed E-state index contributed by atoms with van der Waals surface area (Å²) in [6.45, 7) is 3.73. The Bertz CT molecular complexity index is 1100. The van der Waals surface area contributed by atoms with Gasteiger partial charge in [0.25, 0.3) is 0 Å². The number of carbonyl (C=O) groups excluding carboxylic acids is 3. The number of amides is 3. The average molecular weight is 508 g/mol. The molecule has 4 heterocycles. The van der Waals surface area contributed by atoms with Gasteiger partial charge in [-0.3, -0.25) is 14.4 Å². The number of aliphatic hydroxyl groups excluding tert-OH is 1. The van der Waals surface area contributed by atoms with E-state index in [9.17, 15) is 14.4 Å². The van der Waals surface area contributed by atoms with Crippen LogP contribution in [0.5, 0.6) is 0 Å². The highest BCUT2D eigenvalue weighted by atomic mass is 16.5. The molecule has 5 rings (SSSR count). The van der Waals surface area contributed by atoms with Crippen molar-refractivity contribution in [2.24, 2.45) is 11.8 Å². The van der Waals surface area contributed by atoms with Gasteiger partial charge < -0.3 is 24.5 Å². The highest BCUT2D eigenvalue weighted by Crippen LogP contribution is 2.57. The quantitative estimate of drug-likeness (QED) is 0.430.